The minimum Gasteiger partial charge on any atom is -0.497 e. The van der Waals surface area contributed by atoms with Crippen molar-refractivity contribution in [2.45, 2.75) is 37.1 Å². The maximum absolute atomic E-state index is 13.6. The van der Waals surface area contributed by atoms with Crippen molar-refractivity contribution >= 4 is 17.3 Å². The van der Waals surface area contributed by atoms with Gasteiger partial charge in [-0.3, -0.25) is 9.69 Å². The first kappa shape index (κ1) is 22.7. The van der Waals surface area contributed by atoms with E-state index in [1.54, 1.807) is 14.2 Å². The van der Waals surface area contributed by atoms with Gasteiger partial charge in [0.15, 0.2) is 6.10 Å². The molecule has 7 heteroatoms. The normalized spacial score (nSPS) is 26.7. The molecule has 3 aromatic carbocycles. The van der Waals surface area contributed by atoms with E-state index in [0.717, 1.165) is 47.9 Å². The van der Waals surface area contributed by atoms with Crippen LogP contribution >= 0.6 is 0 Å². The van der Waals surface area contributed by atoms with Crippen molar-refractivity contribution in [1.82, 2.24) is 0 Å². The highest BCUT2D eigenvalue weighted by atomic mass is 16.5. The fourth-order valence-corrected chi connectivity index (χ4v) is 5.79. The molecular formula is C29H30N2O5. The summed E-state index contributed by atoms with van der Waals surface area (Å²) in [5, 5.41) is 3.77. The van der Waals surface area contributed by atoms with Gasteiger partial charge < -0.3 is 24.3 Å². The van der Waals surface area contributed by atoms with Crippen LogP contribution in [0.4, 0.5) is 11.4 Å². The van der Waals surface area contributed by atoms with Gasteiger partial charge >= 0.3 is 0 Å². The van der Waals surface area contributed by atoms with Crippen LogP contribution in [0.1, 0.15) is 24.5 Å². The van der Waals surface area contributed by atoms with E-state index < -0.39 is 6.10 Å². The summed E-state index contributed by atoms with van der Waals surface area (Å²) in [5.74, 6) is 2.38. The van der Waals surface area contributed by atoms with E-state index in [1.165, 1.54) is 0 Å². The molecule has 3 aromatic rings. The molecular weight excluding hydrogens is 456 g/mol. The van der Waals surface area contributed by atoms with Gasteiger partial charge in [0.1, 0.15) is 23.3 Å². The third kappa shape index (κ3) is 3.84. The number of nitrogens with one attached hydrogen (secondary N) is 1. The molecule has 0 unspecified atom stereocenters. The fraction of sp³-hybridized carbons (Fsp3) is 0.345. The Labute approximate surface area is 210 Å². The van der Waals surface area contributed by atoms with Gasteiger partial charge in [-0.2, -0.15) is 0 Å². The Hall–Kier alpha value is -3.71. The fourth-order valence-electron chi connectivity index (χ4n) is 5.79. The lowest BCUT2D eigenvalue weighted by Gasteiger charge is -2.55. The van der Waals surface area contributed by atoms with Crippen LogP contribution in [0.25, 0.3) is 0 Å². The monoisotopic (exact) mass is 486 g/mol. The molecule has 0 aliphatic carbocycles. The molecule has 5 atom stereocenters. The molecule has 3 aliphatic rings. The predicted octanol–water partition coefficient (Wildman–Crippen LogP) is 4.83. The van der Waals surface area contributed by atoms with Crippen LogP contribution in [-0.2, 0) is 9.53 Å². The second-order valence-corrected chi connectivity index (χ2v) is 9.47. The van der Waals surface area contributed by atoms with Gasteiger partial charge in [0.2, 0.25) is 0 Å². The van der Waals surface area contributed by atoms with Crippen LogP contribution in [0.2, 0.25) is 0 Å². The highest BCUT2D eigenvalue weighted by Gasteiger charge is 2.58. The van der Waals surface area contributed by atoms with Crippen LogP contribution in [0.5, 0.6) is 17.2 Å². The van der Waals surface area contributed by atoms with Crippen molar-refractivity contribution in [3.05, 3.63) is 78.4 Å². The van der Waals surface area contributed by atoms with Crippen LogP contribution in [0.15, 0.2) is 72.8 Å². The van der Waals surface area contributed by atoms with E-state index >= 15 is 0 Å². The van der Waals surface area contributed by atoms with Crippen LogP contribution < -0.4 is 24.4 Å². The second-order valence-electron chi connectivity index (χ2n) is 9.47. The first-order valence-corrected chi connectivity index (χ1v) is 12.4. The van der Waals surface area contributed by atoms with Gasteiger partial charge in [-0.25, -0.2) is 0 Å². The van der Waals surface area contributed by atoms with Gasteiger partial charge in [-0.1, -0.05) is 18.2 Å². The van der Waals surface area contributed by atoms with Gasteiger partial charge in [-0.05, 0) is 67.4 Å². The molecule has 0 bridgehead atoms. The number of hydrogen-bond donors (Lipinski definition) is 1. The van der Waals surface area contributed by atoms with E-state index in [-0.39, 0.29) is 30.0 Å². The summed E-state index contributed by atoms with van der Waals surface area (Å²) in [5.41, 5.74) is 2.95. The lowest BCUT2D eigenvalue weighted by atomic mass is 9.73. The first-order valence-electron chi connectivity index (χ1n) is 12.4. The summed E-state index contributed by atoms with van der Waals surface area (Å²) in [4.78, 5) is 15.4. The number of ether oxygens (including phenoxy) is 4. The van der Waals surface area contributed by atoms with Crippen LogP contribution in [-0.4, -0.2) is 44.9 Å². The Morgan fingerprint density at radius 1 is 0.917 bits per heavy atom. The van der Waals surface area contributed by atoms with Gasteiger partial charge in [0.05, 0.1) is 26.4 Å². The molecule has 3 heterocycles. The number of benzene rings is 3. The van der Waals surface area contributed by atoms with Crippen molar-refractivity contribution in [1.29, 1.82) is 0 Å². The zero-order chi connectivity index (χ0) is 24.6. The number of methoxy groups -OCH3 is 2. The molecule has 186 valence electrons. The van der Waals surface area contributed by atoms with Crippen molar-refractivity contribution in [3.8, 4) is 17.2 Å². The molecule has 0 saturated carbocycles. The minimum atomic E-state index is -0.602. The number of para-hydroxylation sites is 1. The highest BCUT2D eigenvalue weighted by molar-refractivity contribution is 6.05. The molecule has 1 N–H and O–H groups in total. The Morgan fingerprint density at radius 2 is 1.67 bits per heavy atom. The van der Waals surface area contributed by atoms with Gasteiger partial charge in [0.25, 0.3) is 5.91 Å². The Morgan fingerprint density at radius 3 is 2.42 bits per heavy atom. The lowest BCUT2D eigenvalue weighted by molar-refractivity contribution is -0.137. The smallest absolute Gasteiger partial charge is 0.270 e. The third-order valence-corrected chi connectivity index (χ3v) is 7.53. The SMILES string of the molecule is COc1ccc(N2C(=O)[C@H](Oc3ccccc3)[C@@H]2[C@@H]2Nc3ccc(OC)cc3[C@@H]3OCCC[C@H]23)cc1. The Balaban J connectivity index is 1.39. The minimum absolute atomic E-state index is 0.0512. The summed E-state index contributed by atoms with van der Waals surface area (Å²) in [6.07, 6.45) is 1.31. The Kier molecular flexibility index (Phi) is 5.93. The first-order chi connectivity index (χ1) is 17.7. The molecule has 0 radical (unpaired) electrons. The average molecular weight is 487 g/mol. The number of anilines is 2. The highest BCUT2D eigenvalue weighted by Crippen LogP contribution is 2.48. The summed E-state index contributed by atoms with van der Waals surface area (Å²) >= 11 is 0. The number of amides is 1. The summed E-state index contributed by atoms with van der Waals surface area (Å²) in [6.45, 7) is 0.722. The molecule has 36 heavy (non-hydrogen) atoms. The number of fused-ring (bicyclic) bond motifs is 3. The zero-order valence-corrected chi connectivity index (χ0v) is 20.4. The van der Waals surface area contributed by atoms with E-state index in [1.807, 2.05) is 71.6 Å². The van der Waals surface area contributed by atoms with Crippen molar-refractivity contribution in [3.63, 3.8) is 0 Å². The standard InChI is InChI=1S/C29H30N2O5/c1-33-19-12-10-18(11-13-19)31-26(28(29(31)32)36-20-7-4-3-5-8-20)25-22-9-6-16-35-27(22)23-17-21(34-2)14-15-24(23)30-25/h3-5,7-8,10-15,17,22,25-28,30H,6,9,16H2,1-2H3/t22-,25-,26+,27-,28-/m1/s1. The molecule has 1 amide bonds. The molecule has 0 spiro atoms. The predicted molar refractivity (Wildman–Crippen MR) is 137 cm³/mol. The summed E-state index contributed by atoms with van der Waals surface area (Å²) in [6, 6.07) is 23.0. The largest absolute Gasteiger partial charge is 0.497 e. The van der Waals surface area contributed by atoms with Crippen molar-refractivity contribution < 1.29 is 23.7 Å². The van der Waals surface area contributed by atoms with Crippen molar-refractivity contribution in [2.75, 3.05) is 31.0 Å². The van der Waals surface area contributed by atoms with Gasteiger partial charge in [-0.15, -0.1) is 0 Å². The van der Waals surface area contributed by atoms with Crippen LogP contribution in [0, 0.1) is 5.92 Å². The number of nitrogens with zero attached hydrogens (tertiary/aromatic N) is 1. The number of β-lactam (4-membered cyclic amide) rings is 1. The van der Waals surface area contributed by atoms with Crippen molar-refractivity contribution in [2.24, 2.45) is 5.92 Å². The lowest BCUT2D eigenvalue weighted by Crippen LogP contribution is -2.74. The number of rotatable bonds is 6. The summed E-state index contributed by atoms with van der Waals surface area (Å²) < 4.78 is 23.5. The number of hydrogen-bond acceptors (Lipinski definition) is 6. The number of carbonyl (C=O) groups is 1. The Bertz CT molecular complexity index is 1230. The molecule has 0 aromatic heterocycles. The van der Waals surface area contributed by atoms with Gasteiger partial charge in [0, 0.05) is 29.5 Å². The molecule has 2 fully saturated rings. The topological polar surface area (TPSA) is 69.3 Å². The number of carbonyl (C=O) groups excluding carboxylic acids is 1. The second kappa shape index (κ2) is 9.39. The maximum Gasteiger partial charge on any atom is 0.270 e. The quantitative estimate of drug-likeness (QED) is 0.504. The summed E-state index contributed by atoms with van der Waals surface area (Å²) in [7, 11) is 3.32. The van der Waals surface area contributed by atoms with E-state index in [2.05, 4.69) is 11.4 Å². The molecule has 7 nitrogen and oxygen atoms in total. The van der Waals surface area contributed by atoms with E-state index in [4.69, 9.17) is 18.9 Å². The molecule has 2 saturated heterocycles. The van der Waals surface area contributed by atoms with Crippen LogP contribution in [0.3, 0.4) is 0 Å². The van der Waals surface area contributed by atoms with E-state index in [9.17, 15) is 4.79 Å². The molecule has 6 rings (SSSR count). The average Bonchev–Trinajstić information content (AvgIpc) is 2.94. The van der Waals surface area contributed by atoms with E-state index in [0.29, 0.717) is 5.75 Å². The third-order valence-electron chi connectivity index (χ3n) is 7.53. The maximum atomic E-state index is 13.6. The zero-order valence-electron chi connectivity index (χ0n) is 20.4. The molecule has 3 aliphatic heterocycles.